The van der Waals surface area contributed by atoms with Gasteiger partial charge in [0.25, 0.3) is 17.0 Å². The molecule has 3 N–H and O–H groups in total. The van der Waals surface area contributed by atoms with Gasteiger partial charge in [0, 0.05) is 45.3 Å². The maximum atomic E-state index is 13.1. The number of aromatic nitrogens is 4. The summed E-state index contributed by atoms with van der Waals surface area (Å²) in [5.74, 6) is -2.44. The number of thioether (sulfide) groups is 2. The molecular weight excluding hydrogens is 587 g/mol. The number of rotatable bonds is 9. The zero-order valence-corrected chi connectivity index (χ0v) is 23.6. The van der Waals surface area contributed by atoms with Crippen LogP contribution in [0.15, 0.2) is 50.0 Å². The largest absolute Gasteiger partial charge is 0.485 e. The highest BCUT2D eigenvalue weighted by Crippen LogP contribution is 2.46. The van der Waals surface area contributed by atoms with Crippen LogP contribution >= 0.6 is 46.4 Å². The number of fused-ring (bicyclic) bond motifs is 1. The van der Waals surface area contributed by atoms with Gasteiger partial charge in [-0.2, -0.15) is 9.36 Å². The van der Waals surface area contributed by atoms with Crippen molar-refractivity contribution in [3.05, 3.63) is 46.3 Å². The number of nitrogens with zero attached hydrogens (tertiary/aromatic N) is 6. The van der Waals surface area contributed by atoms with Crippen LogP contribution in [-0.4, -0.2) is 76.7 Å². The molecule has 0 aliphatic carbocycles. The van der Waals surface area contributed by atoms with Crippen molar-refractivity contribution in [1.82, 2.24) is 24.6 Å². The first-order chi connectivity index (χ1) is 18.8. The van der Waals surface area contributed by atoms with E-state index in [9.17, 15) is 24.6 Å². The summed E-state index contributed by atoms with van der Waals surface area (Å²) in [5.41, 5.74) is 1.28. The molecule has 0 unspecified atom stereocenters. The van der Waals surface area contributed by atoms with E-state index in [1.165, 1.54) is 39.8 Å². The highest BCUT2D eigenvalue weighted by Gasteiger charge is 2.54. The van der Waals surface area contributed by atoms with Crippen LogP contribution in [0.25, 0.3) is 11.3 Å². The van der Waals surface area contributed by atoms with Crippen molar-refractivity contribution in [2.24, 2.45) is 12.2 Å². The number of pyridine rings is 1. The number of carboxylic acids is 1. The maximum absolute atomic E-state index is 13.1. The van der Waals surface area contributed by atoms with Gasteiger partial charge in [0.2, 0.25) is 11.5 Å². The molecule has 2 aliphatic rings. The second-order valence-corrected chi connectivity index (χ2v) is 12.1. The quantitative estimate of drug-likeness (QED) is 0.139. The minimum Gasteiger partial charge on any atom is -0.485 e. The molecule has 17 heteroatoms. The monoisotopic (exact) mass is 606 g/mol. The van der Waals surface area contributed by atoms with Gasteiger partial charge in [-0.3, -0.25) is 14.5 Å². The number of oxime groups is 1. The summed E-state index contributed by atoms with van der Waals surface area (Å²) in [5, 5.41) is 26.7. The number of thiazole rings is 1. The van der Waals surface area contributed by atoms with Crippen LogP contribution in [-0.2, 0) is 26.3 Å². The average molecular weight is 607 g/mol. The molecule has 3 aromatic rings. The lowest BCUT2D eigenvalue weighted by Gasteiger charge is -2.49. The minimum atomic E-state index is -1.24. The standard InChI is InChI=1S/C22H19N7O6S4/c1-3-35-26-13(16-25-21(34)39-27-16)17(30)24-14-18(31)29-15(20(32)33)12(9-36-19(14)29)38-22-23-11(8-37-22)10-4-6-28(2)7-5-10/h4-8,14,19H,3,9H2,1-2H3,(H2-,24,25,27,30,32,33,34)/p+1/b26-13-/t14-,19-/m1/s1. The molecule has 1 saturated heterocycles. The van der Waals surface area contributed by atoms with Crippen LogP contribution in [0.2, 0.25) is 0 Å². The Morgan fingerprint density at radius 2 is 2.10 bits per heavy atom. The molecule has 5 rings (SSSR count). The fourth-order valence-electron chi connectivity index (χ4n) is 3.72. The first-order valence-corrected chi connectivity index (χ1v) is 14.8. The van der Waals surface area contributed by atoms with E-state index in [-0.39, 0.29) is 29.0 Å². The molecule has 2 atom stereocenters. The Labute approximate surface area is 237 Å². The van der Waals surface area contributed by atoms with Crippen molar-refractivity contribution in [1.29, 1.82) is 0 Å². The number of carbonyl (C=O) groups excluding carboxylic acids is 2. The first-order valence-electron chi connectivity index (χ1n) is 11.3. The van der Waals surface area contributed by atoms with E-state index >= 15 is 0 Å². The number of nitrogens with one attached hydrogen (secondary N) is 1. The summed E-state index contributed by atoms with van der Waals surface area (Å²) in [4.78, 5) is 53.3. The number of hydrogen-bond donors (Lipinski definition) is 3. The summed E-state index contributed by atoms with van der Waals surface area (Å²) in [7, 11) is 1.92. The number of carboxylic acid groups (broad SMARTS) is 1. The molecule has 3 aromatic heterocycles. The second kappa shape index (κ2) is 11.3. The van der Waals surface area contributed by atoms with E-state index in [0.29, 0.717) is 26.5 Å². The van der Waals surface area contributed by atoms with Crippen LogP contribution in [0.3, 0.4) is 0 Å². The highest BCUT2D eigenvalue weighted by atomic mass is 32.2. The van der Waals surface area contributed by atoms with Gasteiger partial charge in [0.15, 0.2) is 16.7 Å². The summed E-state index contributed by atoms with van der Waals surface area (Å²) in [6.45, 7) is 1.83. The molecule has 0 spiro atoms. The Bertz CT molecular complexity index is 1500. The van der Waals surface area contributed by atoms with Gasteiger partial charge in [0.05, 0.1) is 5.69 Å². The van der Waals surface area contributed by atoms with Gasteiger partial charge in [-0.25, -0.2) is 14.3 Å². The predicted octanol–water partition coefficient (Wildman–Crippen LogP) is 1.42. The van der Waals surface area contributed by atoms with E-state index in [4.69, 9.17) is 4.84 Å². The molecule has 0 bridgehead atoms. The zero-order chi connectivity index (χ0) is 27.7. The van der Waals surface area contributed by atoms with E-state index in [2.05, 4.69) is 24.8 Å². The van der Waals surface area contributed by atoms with E-state index in [0.717, 1.165) is 11.3 Å². The van der Waals surface area contributed by atoms with Crippen molar-refractivity contribution < 1.29 is 34.0 Å². The topological polar surface area (TPSA) is 171 Å². The van der Waals surface area contributed by atoms with Gasteiger partial charge in [-0.1, -0.05) is 16.9 Å². The van der Waals surface area contributed by atoms with Crippen molar-refractivity contribution in [2.75, 3.05) is 12.4 Å². The maximum Gasteiger partial charge on any atom is 0.353 e. The summed E-state index contributed by atoms with van der Waals surface area (Å²) >= 11 is 4.60. The molecular formula is C22H20N7O6S4+. The molecule has 1 fully saturated rings. The van der Waals surface area contributed by atoms with E-state index < -0.39 is 29.2 Å². The summed E-state index contributed by atoms with van der Waals surface area (Å²) < 4.78 is 6.43. The van der Waals surface area contributed by atoms with Crippen LogP contribution in [0.5, 0.6) is 5.19 Å². The van der Waals surface area contributed by atoms with Gasteiger partial charge in [-0.05, 0) is 6.92 Å². The molecule has 202 valence electrons. The molecule has 13 nitrogen and oxygen atoms in total. The molecule has 39 heavy (non-hydrogen) atoms. The zero-order valence-electron chi connectivity index (χ0n) is 20.3. The summed E-state index contributed by atoms with van der Waals surface area (Å²) in [6, 6.07) is 2.89. The molecule has 5 heterocycles. The van der Waals surface area contributed by atoms with E-state index in [1.807, 2.05) is 41.5 Å². The SMILES string of the molecule is CCO/N=C(\C(=O)N[C@@H]1C(=O)N2C(C(=O)O)=C(Sc3nc(-c4cc[n+](C)cc4)cs3)CS[C@H]12)c1nsc(O)n1. The van der Waals surface area contributed by atoms with Crippen LogP contribution < -0.4 is 9.88 Å². The number of aryl methyl sites for hydroxylation is 1. The van der Waals surface area contributed by atoms with Gasteiger partial charge >= 0.3 is 5.97 Å². The van der Waals surface area contributed by atoms with Gasteiger partial charge in [0.1, 0.15) is 30.8 Å². The Kier molecular flexibility index (Phi) is 7.83. The van der Waals surface area contributed by atoms with Crippen molar-refractivity contribution in [2.45, 2.75) is 22.7 Å². The third-order valence-corrected chi connectivity index (χ3v) is 9.52. The van der Waals surface area contributed by atoms with Crippen LogP contribution in [0.1, 0.15) is 12.7 Å². The summed E-state index contributed by atoms with van der Waals surface area (Å²) in [6.07, 6.45) is 3.83. The van der Waals surface area contributed by atoms with Crippen molar-refractivity contribution in [3.63, 3.8) is 0 Å². The highest BCUT2D eigenvalue weighted by molar-refractivity contribution is 8.07. The average Bonchev–Trinajstić information content (AvgIpc) is 3.56. The lowest BCUT2D eigenvalue weighted by atomic mass is 10.0. The molecule has 0 aromatic carbocycles. The predicted molar refractivity (Wildman–Crippen MR) is 144 cm³/mol. The Hall–Kier alpha value is -3.54. The number of hydrogen-bond acceptors (Lipinski definition) is 13. The molecule has 0 radical (unpaired) electrons. The lowest BCUT2D eigenvalue weighted by molar-refractivity contribution is -0.671. The van der Waals surface area contributed by atoms with Crippen molar-refractivity contribution in [3.8, 4) is 16.5 Å². The van der Waals surface area contributed by atoms with E-state index in [1.54, 1.807) is 6.92 Å². The normalized spacial score (nSPS) is 19.0. The Morgan fingerprint density at radius 1 is 1.33 bits per heavy atom. The number of β-lactam (4-membered cyclic amide) rings is 1. The van der Waals surface area contributed by atoms with Crippen LogP contribution in [0, 0.1) is 0 Å². The van der Waals surface area contributed by atoms with Gasteiger partial charge in [-0.15, -0.1) is 23.1 Å². The lowest BCUT2D eigenvalue weighted by Crippen LogP contribution is -2.71. The number of amides is 2. The Morgan fingerprint density at radius 3 is 2.77 bits per heavy atom. The molecule has 0 saturated carbocycles. The molecule has 2 amide bonds. The Balaban J connectivity index is 1.32. The minimum absolute atomic E-state index is 0.128. The third kappa shape index (κ3) is 5.47. The fourth-order valence-corrected chi connectivity index (χ4v) is 7.60. The number of aliphatic carboxylic acids is 1. The van der Waals surface area contributed by atoms with Crippen LogP contribution in [0.4, 0.5) is 0 Å². The second-order valence-electron chi connectivity index (χ2n) is 8.05. The third-order valence-electron chi connectivity index (χ3n) is 5.52. The number of carbonyl (C=O) groups is 3. The fraction of sp³-hybridized carbons (Fsp3) is 0.273. The smallest absolute Gasteiger partial charge is 0.353 e. The number of aromatic hydroxyl groups is 1. The first kappa shape index (κ1) is 27.0. The van der Waals surface area contributed by atoms with Crippen molar-refractivity contribution >= 4 is 69.9 Å². The molecule has 2 aliphatic heterocycles. The van der Waals surface area contributed by atoms with Gasteiger partial charge < -0.3 is 20.4 Å².